The van der Waals surface area contributed by atoms with E-state index in [9.17, 15) is 12.8 Å². The number of hydrogen-bond acceptors (Lipinski definition) is 8. The molecule has 2 N–H and O–H groups in total. The van der Waals surface area contributed by atoms with Crippen LogP contribution < -0.4 is 15.4 Å². The summed E-state index contributed by atoms with van der Waals surface area (Å²) in [6.07, 6.45) is 3.56. The molecular formula is C31H30ClFN4O4S. The Kier molecular flexibility index (Phi) is 9.06. The Morgan fingerprint density at radius 2 is 1.90 bits per heavy atom. The van der Waals surface area contributed by atoms with E-state index >= 15 is 0 Å². The lowest BCUT2D eigenvalue weighted by molar-refractivity contribution is 0.306. The second-order valence-corrected chi connectivity index (χ2v) is 12.5. The van der Waals surface area contributed by atoms with Crippen molar-refractivity contribution in [2.45, 2.75) is 26.0 Å². The minimum Gasteiger partial charge on any atom is -0.487 e. The smallest absolute Gasteiger partial charge is 0.149 e. The molecule has 218 valence electrons. The largest absolute Gasteiger partial charge is 0.487 e. The van der Waals surface area contributed by atoms with Gasteiger partial charge in [-0.3, -0.25) is 0 Å². The molecule has 1 atom stereocenters. The Morgan fingerprint density at radius 3 is 2.67 bits per heavy atom. The van der Waals surface area contributed by atoms with Crippen LogP contribution in [0.25, 0.3) is 22.2 Å². The van der Waals surface area contributed by atoms with Gasteiger partial charge in [0.05, 0.1) is 22.3 Å². The monoisotopic (exact) mass is 608 g/mol. The molecule has 11 heteroatoms. The summed E-state index contributed by atoms with van der Waals surface area (Å²) in [6.45, 7) is 2.87. The average Bonchev–Trinajstić information content (AvgIpc) is 3.45. The lowest BCUT2D eigenvalue weighted by atomic mass is 10.1. The molecular weight excluding hydrogens is 579 g/mol. The number of nitrogens with one attached hydrogen (secondary N) is 2. The molecule has 5 aromatic rings. The number of furan rings is 1. The van der Waals surface area contributed by atoms with Crippen LogP contribution in [0, 0.1) is 5.82 Å². The first-order chi connectivity index (χ1) is 20.2. The van der Waals surface area contributed by atoms with Gasteiger partial charge in [0, 0.05) is 22.9 Å². The van der Waals surface area contributed by atoms with Gasteiger partial charge in [-0.25, -0.2) is 22.8 Å². The van der Waals surface area contributed by atoms with Crippen LogP contribution in [-0.2, 0) is 16.4 Å². The summed E-state index contributed by atoms with van der Waals surface area (Å²) in [7, 11) is -3.22. The summed E-state index contributed by atoms with van der Waals surface area (Å²) in [6, 6.07) is 20.4. The highest BCUT2D eigenvalue weighted by Gasteiger charge is 2.21. The lowest BCUT2D eigenvalue weighted by Crippen LogP contribution is -2.28. The number of anilines is 2. The summed E-state index contributed by atoms with van der Waals surface area (Å²) in [4.78, 5) is 8.83. The van der Waals surface area contributed by atoms with Crippen molar-refractivity contribution in [1.29, 1.82) is 0 Å². The third-order valence-electron chi connectivity index (χ3n) is 6.48. The van der Waals surface area contributed by atoms with Crippen molar-refractivity contribution in [2.24, 2.45) is 0 Å². The minimum atomic E-state index is -3.22. The second kappa shape index (κ2) is 12.9. The number of rotatable bonds is 12. The highest BCUT2D eigenvalue weighted by molar-refractivity contribution is 7.90. The highest BCUT2D eigenvalue weighted by atomic mass is 35.5. The lowest BCUT2D eigenvalue weighted by Gasteiger charge is -2.15. The Balaban J connectivity index is 1.36. The zero-order valence-electron chi connectivity index (χ0n) is 23.1. The molecule has 3 aromatic carbocycles. The molecule has 1 unspecified atom stereocenters. The van der Waals surface area contributed by atoms with Crippen LogP contribution in [0.15, 0.2) is 83.5 Å². The molecule has 0 fully saturated rings. The molecule has 2 aromatic heterocycles. The number of sulfone groups is 1. The van der Waals surface area contributed by atoms with Crippen molar-refractivity contribution in [1.82, 2.24) is 15.3 Å². The summed E-state index contributed by atoms with van der Waals surface area (Å²) < 4.78 is 49.4. The molecule has 0 spiro atoms. The number of hydrogen-bond donors (Lipinski definition) is 2. The topological polar surface area (TPSA) is 106 Å². The zero-order valence-corrected chi connectivity index (χ0v) is 24.7. The standard InChI is InChI=1S/C31H30ClFN4O4S/c1-3-13-34-27(18-42(2,38)39)30-12-11-28(41-30)21-7-9-26-24(15-21)31(36-19-35-26)37-23-8-10-29(25(32)16-23)40-17-20-5-4-6-22(33)14-20/h4-12,14-16,19,27,34H,3,13,17-18H2,1-2H3,(H,35,36,37). The van der Waals surface area contributed by atoms with Gasteiger partial charge in [0.2, 0.25) is 0 Å². The SMILES string of the molecule is CCCNC(CS(C)(=O)=O)c1ccc(-c2ccc3ncnc(Nc4ccc(OCc5cccc(F)c5)c(Cl)c4)c3c2)o1. The molecule has 0 aliphatic rings. The molecule has 0 amide bonds. The predicted molar refractivity (Wildman–Crippen MR) is 163 cm³/mol. The van der Waals surface area contributed by atoms with E-state index in [-0.39, 0.29) is 18.2 Å². The van der Waals surface area contributed by atoms with E-state index in [1.807, 2.05) is 37.3 Å². The summed E-state index contributed by atoms with van der Waals surface area (Å²) in [5, 5.41) is 7.71. The van der Waals surface area contributed by atoms with Gasteiger partial charge in [-0.2, -0.15) is 0 Å². The molecule has 2 heterocycles. The highest BCUT2D eigenvalue weighted by Crippen LogP contribution is 2.33. The number of fused-ring (bicyclic) bond motifs is 1. The van der Waals surface area contributed by atoms with E-state index in [1.54, 1.807) is 30.3 Å². The first-order valence-electron chi connectivity index (χ1n) is 13.4. The van der Waals surface area contributed by atoms with Gasteiger partial charge >= 0.3 is 0 Å². The van der Waals surface area contributed by atoms with Crippen LogP contribution in [0.2, 0.25) is 5.02 Å². The van der Waals surface area contributed by atoms with E-state index in [1.165, 1.54) is 24.7 Å². The van der Waals surface area contributed by atoms with E-state index in [4.69, 9.17) is 20.8 Å². The fourth-order valence-electron chi connectivity index (χ4n) is 4.49. The maximum absolute atomic E-state index is 13.5. The van der Waals surface area contributed by atoms with Gasteiger partial charge in [0.25, 0.3) is 0 Å². The van der Waals surface area contributed by atoms with Gasteiger partial charge in [0.15, 0.2) is 0 Å². The maximum atomic E-state index is 13.5. The van der Waals surface area contributed by atoms with Crippen molar-refractivity contribution in [2.75, 3.05) is 23.9 Å². The Morgan fingerprint density at radius 1 is 1.05 bits per heavy atom. The predicted octanol–water partition coefficient (Wildman–Crippen LogP) is 7.09. The fraction of sp³-hybridized carbons (Fsp3) is 0.226. The van der Waals surface area contributed by atoms with Crippen molar-refractivity contribution in [3.63, 3.8) is 0 Å². The maximum Gasteiger partial charge on any atom is 0.149 e. The molecule has 42 heavy (non-hydrogen) atoms. The molecule has 0 saturated heterocycles. The third-order valence-corrected chi connectivity index (χ3v) is 7.71. The molecule has 0 aliphatic heterocycles. The Labute approximate surface area is 248 Å². The first-order valence-corrected chi connectivity index (χ1v) is 15.8. The van der Waals surface area contributed by atoms with E-state index in [0.717, 1.165) is 22.9 Å². The second-order valence-electron chi connectivity index (χ2n) is 9.94. The normalized spacial score (nSPS) is 12.4. The van der Waals surface area contributed by atoms with E-state index in [0.29, 0.717) is 45.9 Å². The molecule has 0 bridgehead atoms. The van der Waals surface area contributed by atoms with Crippen LogP contribution in [0.3, 0.4) is 0 Å². The minimum absolute atomic E-state index is 0.0588. The van der Waals surface area contributed by atoms with Crippen LogP contribution >= 0.6 is 11.6 Å². The summed E-state index contributed by atoms with van der Waals surface area (Å²) in [5.41, 5.74) is 2.90. The van der Waals surface area contributed by atoms with Crippen LogP contribution in [0.4, 0.5) is 15.9 Å². The van der Waals surface area contributed by atoms with E-state index in [2.05, 4.69) is 20.6 Å². The number of benzene rings is 3. The molecule has 0 saturated carbocycles. The number of nitrogens with zero attached hydrogens (tertiary/aromatic N) is 2. The van der Waals surface area contributed by atoms with Crippen LogP contribution in [0.5, 0.6) is 5.75 Å². The van der Waals surface area contributed by atoms with Gasteiger partial charge in [-0.1, -0.05) is 30.7 Å². The van der Waals surface area contributed by atoms with Crippen molar-refractivity contribution >= 4 is 43.8 Å². The molecule has 0 radical (unpaired) electrons. The van der Waals surface area contributed by atoms with Gasteiger partial charge in [-0.15, -0.1) is 0 Å². The zero-order chi connectivity index (χ0) is 29.7. The fourth-order valence-corrected chi connectivity index (χ4v) is 5.61. The van der Waals surface area contributed by atoms with Crippen LogP contribution in [-0.4, -0.2) is 36.9 Å². The first kappa shape index (κ1) is 29.5. The third kappa shape index (κ3) is 7.44. The van der Waals surface area contributed by atoms with Gasteiger partial charge in [0.1, 0.15) is 51.7 Å². The van der Waals surface area contributed by atoms with Gasteiger partial charge in [-0.05, 0) is 79.2 Å². The molecule has 8 nitrogen and oxygen atoms in total. The number of halogens is 2. The number of aromatic nitrogens is 2. The quantitative estimate of drug-likeness (QED) is 0.155. The van der Waals surface area contributed by atoms with E-state index < -0.39 is 15.9 Å². The van der Waals surface area contributed by atoms with Crippen molar-refractivity contribution in [3.05, 3.63) is 101 Å². The Hall–Kier alpha value is -3.99. The number of ether oxygens (including phenoxy) is 1. The van der Waals surface area contributed by atoms with Crippen LogP contribution in [0.1, 0.15) is 30.7 Å². The molecule has 5 rings (SSSR count). The Bertz CT molecular complexity index is 1810. The van der Waals surface area contributed by atoms with Crippen molar-refractivity contribution in [3.8, 4) is 17.1 Å². The average molecular weight is 609 g/mol. The summed E-state index contributed by atoms with van der Waals surface area (Å²) in [5.74, 6) is 1.81. The molecule has 0 aliphatic carbocycles. The van der Waals surface area contributed by atoms with Crippen molar-refractivity contribution < 1.29 is 22.0 Å². The summed E-state index contributed by atoms with van der Waals surface area (Å²) >= 11 is 6.49. The van der Waals surface area contributed by atoms with Gasteiger partial charge < -0.3 is 19.8 Å².